The van der Waals surface area contributed by atoms with Crippen LogP contribution in [-0.2, 0) is 9.53 Å². The lowest BCUT2D eigenvalue weighted by Gasteiger charge is -2.09. The van der Waals surface area contributed by atoms with E-state index in [0.29, 0.717) is 12.5 Å². The smallest absolute Gasteiger partial charge is 0.331 e. The molecule has 0 saturated heterocycles. The van der Waals surface area contributed by atoms with Crippen molar-refractivity contribution in [1.29, 1.82) is 0 Å². The molecule has 0 aliphatic rings. The van der Waals surface area contributed by atoms with Crippen LogP contribution in [0.1, 0.15) is 31.7 Å². The topological polar surface area (TPSA) is 26.3 Å². The summed E-state index contributed by atoms with van der Waals surface area (Å²) in [6.45, 7) is 2.20. The highest BCUT2D eigenvalue weighted by atomic mass is 35.5. The van der Waals surface area contributed by atoms with Crippen LogP contribution in [0.3, 0.4) is 0 Å². The van der Waals surface area contributed by atoms with Gasteiger partial charge in [-0.3, -0.25) is 0 Å². The molecule has 0 radical (unpaired) electrons. The Balaban J connectivity index is 2.20. The average Bonchev–Trinajstić information content (AvgIpc) is 2.62. The number of ether oxygens (including phenoxy) is 1. The number of hydrogen-bond acceptors (Lipinski definition) is 2. The first-order valence-electron chi connectivity index (χ1n) is 8.33. The normalized spacial score (nSPS) is 11.3. The molecule has 0 spiro atoms. The molecule has 0 bridgehead atoms. The molecular formula is C21H23ClO2. The summed E-state index contributed by atoms with van der Waals surface area (Å²) in [5, 5.41) is 0. The zero-order chi connectivity index (χ0) is 17.2. The van der Waals surface area contributed by atoms with Gasteiger partial charge >= 0.3 is 5.97 Å². The molecule has 0 amide bonds. The summed E-state index contributed by atoms with van der Waals surface area (Å²) in [5.74, 6) is 0.352. The van der Waals surface area contributed by atoms with E-state index >= 15 is 0 Å². The molecule has 126 valence electrons. The Hall–Kier alpha value is -2.06. The van der Waals surface area contributed by atoms with E-state index in [4.69, 9.17) is 16.3 Å². The maximum atomic E-state index is 11.8. The van der Waals surface area contributed by atoms with Crippen LogP contribution in [-0.4, -0.2) is 18.5 Å². The Morgan fingerprint density at radius 2 is 1.67 bits per heavy atom. The molecule has 2 nitrogen and oxygen atoms in total. The number of esters is 1. The van der Waals surface area contributed by atoms with Gasteiger partial charge in [-0.15, -0.1) is 11.6 Å². The highest BCUT2D eigenvalue weighted by Gasteiger charge is 2.07. The number of alkyl halides is 1. The van der Waals surface area contributed by atoms with E-state index in [1.165, 1.54) is 5.56 Å². The number of benzene rings is 2. The Morgan fingerprint density at radius 3 is 2.29 bits per heavy atom. The number of allylic oxidation sites excluding steroid dienone is 1. The van der Waals surface area contributed by atoms with Gasteiger partial charge in [-0.1, -0.05) is 54.6 Å². The summed E-state index contributed by atoms with van der Waals surface area (Å²) in [4.78, 5) is 11.8. The lowest BCUT2D eigenvalue weighted by Crippen LogP contribution is -2.01. The fraction of sp³-hybridized carbons (Fsp3) is 0.286. The van der Waals surface area contributed by atoms with Crippen molar-refractivity contribution in [2.45, 2.75) is 26.2 Å². The van der Waals surface area contributed by atoms with E-state index < -0.39 is 0 Å². The van der Waals surface area contributed by atoms with Crippen molar-refractivity contribution in [2.24, 2.45) is 0 Å². The van der Waals surface area contributed by atoms with Gasteiger partial charge in [0.05, 0.1) is 6.61 Å². The van der Waals surface area contributed by atoms with Gasteiger partial charge in [0.15, 0.2) is 0 Å². The van der Waals surface area contributed by atoms with Gasteiger partial charge in [-0.25, -0.2) is 4.79 Å². The summed E-state index contributed by atoms with van der Waals surface area (Å²) >= 11 is 5.76. The number of rotatable bonds is 8. The Morgan fingerprint density at radius 1 is 1.00 bits per heavy atom. The summed E-state index contributed by atoms with van der Waals surface area (Å²) in [6.07, 6.45) is 4.31. The lowest BCUT2D eigenvalue weighted by molar-refractivity contribution is -0.137. The summed E-state index contributed by atoms with van der Waals surface area (Å²) in [6, 6.07) is 18.5. The van der Waals surface area contributed by atoms with Crippen molar-refractivity contribution < 1.29 is 9.53 Å². The van der Waals surface area contributed by atoms with Crippen molar-refractivity contribution in [1.82, 2.24) is 0 Å². The molecule has 2 rings (SSSR count). The monoisotopic (exact) mass is 342 g/mol. The Bertz CT molecular complexity index is 660. The lowest BCUT2D eigenvalue weighted by atomic mass is 9.97. The number of carbonyl (C=O) groups is 1. The molecule has 0 unspecified atom stereocenters. The highest BCUT2D eigenvalue weighted by molar-refractivity contribution is 6.17. The first-order valence-corrected chi connectivity index (χ1v) is 8.87. The third-order valence-electron chi connectivity index (χ3n) is 3.77. The Labute approximate surface area is 149 Å². The summed E-state index contributed by atoms with van der Waals surface area (Å²) < 4.78 is 5.05. The molecular weight excluding hydrogens is 320 g/mol. The van der Waals surface area contributed by atoms with E-state index in [1.807, 2.05) is 25.1 Å². The van der Waals surface area contributed by atoms with E-state index in [0.717, 1.165) is 36.0 Å². The van der Waals surface area contributed by atoms with E-state index in [1.54, 1.807) is 6.08 Å². The largest absolute Gasteiger partial charge is 0.463 e. The maximum absolute atomic E-state index is 11.8. The highest BCUT2D eigenvalue weighted by Crippen LogP contribution is 2.25. The predicted octanol–water partition coefficient (Wildman–Crippen LogP) is 5.71. The van der Waals surface area contributed by atoms with Gasteiger partial charge in [0.25, 0.3) is 0 Å². The SMILES string of the molecule is CCOC(=O)C=C(CCCCCl)c1ccc(-c2ccccc2)cc1. The van der Waals surface area contributed by atoms with Crippen molar-refractivity contribution >= 4 is 23.1 Å². The zero-order valence-electron chi connectivity index (χ0n) is 14.0. The van der Waals surface area contributed by atoms with Gasteiger partial charge in [0.2, 0.25) is 0 Å². The van der Waals surface area contributed by atoms with Gasteiger partial charge in [-0.05, 0) is 48.4 Å². The number of hydrogen-bond donors (Lipinski definition) is 0. The average molecular weight is 343 g/mol. The minimum absolute atomic E-state index is 0.287. The molecule has 0 aliphatic carbocycles. The number of carbonyl (C=O) groups excluding carboxylic acids is 1. The fourth-order valence-electron chi connectivity index (χ4n) is 2.54. The first kappa shape index (κ1) is 18.3. The van der Waals surface area contributed by atoms with Gasteiger partial charge in [0, 0.05) is 12.0 Å². The van der Waals surface area contributed by atoms with Crippen molar-refractivity contribution in [3.05, 3.63) is 66.2 Å². The van der Waals surface area contributed by atoms with E-state index in [9.17, 15) is 4.79 Å². The van der Waals surface area contributed by atoms with E-state index in [2.05, 4.69) is 36.4 Å². The predicted molar refractivity (Wildman–Crippen MR) is 101 cm³/mol. The molecule has 3 heteroatoms. The minimum Gasteiger partial charge on any atom is -0.463 e. The van der Waals surface area contributed by atoms with Gasteiger partial charge in [-0.2, -0.15) is 0 Å². The van der Waals surface area contributed by atoms with Crippen LogP contribution < -0.4 is 0 Å². The minimum atomic E-state index is -0.287. The second-order valence-corrected chi connectivity index (χ2v) is 5.89. The van der Waals surface area contributed by atoms with Crippen LogP contribution >= 0.6 is 11.6 Å². The van der Waals surface area contributed by atoms with Crippen molar-refractivity contribution in [3.63, 3.8) is 0 Å². The van der Waals surface area contributed by atoms with Crippen LogP contribution in [0.5, 0.6) is 0 Å². The molecule has 2 aromatic carbocycles. The van der Waals surface area contributed by atoms with Crippen LogP contribution in [0, 0.1) is 0 Å². The van der Waals surface area contributed by atoms with Gasteiger partial charge in [0.1, 0.15) is 0 Å². The standard InChI is InChI=1S/C21H23ClO2/c1-2-24-21(23)16-20(10-6-7-15-22)19-13-11-18(12-14-19)17-8-4-3-5-9-17/h3-5,8-9,11-14,16H,2,6-7,10,15H2,1H3. The van der Waals surface area contributed by atoms with Crippen molar-refractivity contribution in [3.8, 4) is 11.1 Å². The molecule has 2 aromatic rings. The van der Waals surface area contributed by atoms with Crippen LogP contribution in [0.4, 0.5) is 0 Å². The fourth-order valence-corrected chi connectivity index (χ4v) is 2.73. The van der Waals surface area contributed by atoms with Gasteiger partial charge < -0.3 is 4.74 Å². The second-order valence-electron chi connectivity index (χ2n) is 5.51. The number of halogens is 1. The molecule has 0 aliphatic heterocycles. The first-order chi connectivity index (χ1) is 11.7. The van der Waals surface area contributed by atoms with Crippen LogP contribution in [0.2, 0.25) is 0 Å². The maximum Gasteiger partial charge on any atom is 0.331 e. The molecule has 0 N–H and O–H groups in total. The molecule has 0 atom stereocenters. The molecule has 0 aromatic heterocycles. The summed E-state index contributed by atoms with van der Waals surface area (Å²) in [5.41, 5.74) is 4.40. The molecule has 0 heterocycles. The van der Waals surface area contributed by atoms with Crippen molar-refractivity contribution in [2.75, 3.05) is 12.5 Å². The quantitative estimate of drug-likeness (QED) is 0.266. The molecule has 0 fully saturated rings. The molecule has 0 saturated carbocycles. The number of unbranched alkanes of at least 4 members (excludes halogenated alkanes) is 1. The summed E-state index contributed by atoms with van der Waals surface area (Å²) in [7, 11) is 0. The zero-order valence-corrected chi connectivity index (χ0v) is 14.8. The van der Waals surface area contributed by atoms with Crippen LogP contribution in [0.25, 0.3) is 16.7 Å². The molecule has 24 heavy (non-hydrogen) atoms. The third kappa shape index (κ3) is 5.54. The van der Waals surface area contributed by atoms with E-state index in [-0.39, 0.29) is 5.97 Å². The second kappa shape index (κ2) is 9.94. The van der Waals surface area contributed by atoms with Crippen LogP contribution in [0.15, 0.2) is 60.7 Å². The Kier molecular flexibility index (Phi) is 7.57. The third-order valence-corrected chi connectivity index (χ3v) is 4.04.